The Morgan fingerprint density at radius 2 is 2.05 bits per heavy atom. The van der Waals surface area contributed by atoms with Crippen LogP contribution in [0.5, 0.6) is 0 Å². The van der Waals surface area contributed by atoms with Crippen molar-refractivity contribution in [2.45, 2.75) is 52.0 Å². The van der Waals surface area contributed by atoms with Gasteiger partial charge in [-0.05, 0) is 60.8 Å². The van der Waals surface area contributed by atoms with Gasteiger partial charge in [0.2, 0.25) is 0 Å². The fourth-order valence-electron chi connectivity index (χ4n) is 3.95. The van der Waals surface area contributed by atoms with E-state index in [9.17, 15) is 4.39 Å². The van der Waals surface area contributed by atoms with Gasteiger partial charge in [-0.3, -0.25) is 0 Å². The van der Waals surface area contributed by atoms with E-state index in [1.54, 1.807) is 6.07 Å². The lowest BCUT2D eigenvalue weighted by atomic mass is 9.63. The second kappa shape index (κ2) is 6.15. The molecule has 1 nitrogen and oxygen atoms in total. The molecule has 3 unspecified atom stereocenters. The fourth-order valence-corrected chi connectivity index (χ4v) is 4.46. The van der Waals surface area contributed by atoms with Crippen LogP contribution < -0.4 is 5.73 Å². The molecule has 0 bridgehead atoms. The van der Waals surface area contributed by atoms with Gasteiger partial charge < -0.3 is 5.73 Å². The van der Waals surface area contributed by atoms with Crippen molar-refractivity contribution in [1.29, 1.82) is 0 Å². The summed E-state index contributed by atoms with van der Waals surface area (Å²) in [5.74, 6) is 1.56. The summed E-state index contributed by atoms with van der Waals surface area (Å²) < 4.78 is 14.4. The summed E-state index contributed by atoms with van der Waals surface area (Å²) in [6, 6.07) is 5.11. The van der Waals surface area contributed by atoms with Gasteiger partial charge in [0.25, 0.3) is 0 Å². The summed E-state index contributed by atoms with van der Waals surface area (Å²) in [4.78, 5) is 0. The number of nitrogens with two attached hydrogens (primary N) is 1. The molecule has 20 heavy (non-hydrogen) atoms. The largest absolute Gasteiger partial charge is 0.325 e. The maximum Gasteiger partial charge on any atom is 0.124 e. The van der Waals surface area contributed by atoms with E-state index in [1.165, 1.54) is 18.9 Å². The van der Waals surface area contributed by atoms with E-state index in [-0.39, 0.29) is 11.4 Å². The average Bonchev–Trinajstić information content (AvgIpc) is 2.25. The van der Waals surface area contributed by atoms with E-state index < -0.39 is 0 Å². The van der Waals surface area contributed by atoms with Crippen LogP contribution in [-0.2, 0) is 6.42 Å². The fraction of sp³-hybridized carbons (Fsp3) is 0.647. The molecule has 1 aromatic rings. The highest BCUT2D eigenvalue weighted by molar-refractivity contribution is 9.10. The first-order valence-electron chi connectivity index (χ1n) is 7.54. The normalized spacial score (nSPS) is 30.8. The van der Waals surface area contributed by atoms with Crippen molar-refractivity contribution >= 4 is 15.9 Å². The van der Waals surface area contributed by atoms with Crippen LogP contribution in [0.1, 0.15) is 45.6 Å². The molecule has 0 spiro atoms. The Kier molecular flexibility index (Phi) is 4.91. The number of hydrogen-bond donors (Lipinski definition) is 1. The predicted octanol–water partition coefficient (Wildman–Crippen LogP) is 4.92. The molecular formula is C17H25BrFN. The van der Waals surface area contributed by atoms with Crippen LogP contribution in [0.25, 0.3) is 0 Å². The van der Waals surface area contributed by atoms with E-state index in [0.717, 1.165) is 22.9 Å². The molecule has 3 heteroatoms. The molecule has 3 atom stereocenters. The first-order valence-corrected chi connectivity index (χ1v) is 8.33. The number of halogens is 2. The third-order valence-electron chi connectivity index (χ3n) is 4.70. The first kappa shape index (κ1) is 16.0. The van der Waals surface area contributed by atoms with Crippen LogP contribution in [0, 0.1) is 23.6 Å². The van der Waals surface area contributed by atoms with Gasteiger partial charge in [0.1, 0.15) is 5.82 Å². The highest BCUT2D eigenvalue weighted by atomic mass is 79.9. The van der Waals surface area contributed by atoms with Crippen LogP contribution >= 0.6 is 15.9 Å². The Balaban J connectivity index is 2.26. The van der Waals surface area contributed by atoms with Crippen molar-refractivity contribution in [1.82, 2.24) is 0 Å². The Morgan fingerprint density at radius 3 is 2.65 bits per heavy atom. The van der Waals surface area contributed by atoms with Crippen molar-refractivity contribution in [2.24, 2.45) is 23.5 Å². The quantitative estimate of drug-likeness (QED) is 0.829. The SMILES string of the molecule is CC1CCC(C(C)C)C(N)(Cc2cc(F)cc(Br)c2)C1. The Bertz CT molecular complexity index is 454. The average molecular weight is 342 g/mol. The molecule has 1 aliphatic carbocycles. The molecular weight excluding hydrogens is 317 g/mol. The molecule has 112 valence electrons. The van der Waals surface area contributed by atoms with Crippen LogP contribution in [0.15, 0.2) is 22.7 Å². The molecule has 0 aromatic heterocycles. The van der Waals surface area contributed by atoms with Crippen molar-refractivity contribution in [3.05, 3.63) is 34.1 Å². The van der Waals surface area contributed by atoms with Gasteiger partial charge in [-0.15, -0.1) is 0 Å². The third-order valence-corrected chi connectivity index (χ3v) is 5.16. The van der Waals surface area contributed by atoms with Gasteiger partial charge in [-0.25, -0.2) is 4.39 Å². The lowest BCUT2D eigenvalue weighted by Gasteiger charge is -2.46. The second-order valence-corrected chi connectivity index (χ2v) is 7.84. The zero-order chi connectivity index (χ0) is 14.9. The molecule has 1 aromatic carbocycles. The Morgan fingerprint density at radius 1 is 1.35 bits per heavy atom. The minimum atomic E-state index is -0.209. The zero-order valence-electron chi connectivity index (χ0n) is 12.6. The number of hydrogen-bond acceptors (Lipinski definition) is 1. The van der Waals surface area contributed by atoms with E-state index in [1.807, 2.05) is 6.07 Å². The van der Waals surface area contributed by atoms with Crippen molar-refractivity contribution in [3.63, 3.8) is 0 Å². The second-order valence-electron chi connectivity index (χ2n) is 6.92. The monoisotopic (exact) mass is 341 g/mol. The standard InChI is InChI=1S/C17H25BrFN/c1-11(2)16-5-4-12(3)9-17(16,20)10-13-6-14(18)8-15(19)7-13/h6-8,11-12,16H,4-5,9-10,20H2,1-3H3. The topological polar surface area (TPSA) is 26.0 Å². The highest BCUT2D eigenvalue weighted by Crippen LogP contribution is 2.41. The number of benzene rings is 1. The molecule has 2 rings (SSSR count). The van der Waals surface area contributed by atoms with E-state index in [4.69, 9.17) is 5.73 Å². The molecule has 1 fully saturated rings. The molecule has 0 amide bonds. The van der Waals surface area contributed by atoms with Gasteiger partial charge in [-0.1, -0.05) is 43.1 Å². The minimum Gasteiger partial charge on any atom is -0.325 e. The van der Waals surface area contributed by atoms with E-state index in [2.05, 4.69) is 36.7 Å². The summed E-state index contributed by atoms with van der Waals surface area (Å²) in [5, 5.41) is 0. The van der Waals surface area contributed by atoms with Gasteiger partial charge >= 0.3 is 0 Å². The molecule has 1 saturated carbocycles. The van der Waals surface area contributed by atoms with Crippen LogP contribution in [0.4, 0.5) is 4.39 Å². The van der Waals surface area contributed by atoms with Gasteiger partial charge in [0, 0.05) is 10.0 Å². The van der Waals surface area contributed by atoms with Crippen LogP contribution in [0.2, 0.25) is 0 Å². The summed E-state index contributed by atoms with van der Waals surface area (Å²) in [5.41, 5.74) is 7.58. The maximum absolute atomic E-state index is 13.6. The molecule has 1 aliphatic rings. The van der Waals surface area contributed by atoms with Gasteiger partial charge in [-0.2, -0.15) is 0 Å². The minimum absolute atomic E-state index is 0.192. The lowest BCUT2D eigenvalue weighted by molar-refractivity contribution is 0.109. The smallest absolute Gasteiger partial charge is 0.124 e. The summed E-state index contributed by atoms with van der Waals surface area (Å²) >= 11 is 3.37. The first-order chi connectivity index (χ1) is 9.30. The summed E-state index contributed by atoms with van der Waals surface area (Å²) in [6.07, 6.45) is 4.24. The predicted molar refractivity (Wildman–Crippen MR) is 86.1 cm³/mol. The molecule has 2 N–H and O–H groups in total. The Hall–Kier alpha value is -0.410. The maximum atomic E-state index is 13.6. The number of rotatable bonds is 3. The third kappa shape index (κ3) is 3.62. The highest BCUT2D eigenvalue weighted by Gasteiger charge is 2.41. The molecule has 0 radical (unpaired) electrons. The Labute approximate surface area is 130 Å². The summed E-state index contributed by atoms with van der Waals surface area (Å²) in [6.45, 7) is 6.78. The zero-order valence-corrected chi connectivity index (χ0v) is 14.2. The molecule has 0 heterocycles. The lowest BCUT2D eigenvalue weighted by Crippen LogP contribution is -2.54. The van der Waals surface area contributed by atoms with Crippen molar-refractivity contribution < 1.29 is 4.39 Å². The molecule has 0 saturated heterocycles. The van der Waals surface area contributed by atoms with Gasteiger partial charge in [0.15, 0.2) is 0 Å². The van der Waals surface area contributed by atoms with E-state index >= 15 is 0 Å². The summed E-state index contributed by atoms with van der Waals surface area (Å²) in [7, 11) is 0. The van der Waals surface area contributed by atoms with Crippen LogP contribution in [-0.4, -0.2) is 5.54 Å². The van der Waals surface area contributed by atoms with Crippen LogP contribution in [0.3, 0.4) is 0 Å². The van der Waals surface area contributed by atoms with Crippen molar-refractivity contribution in [3.8, 4) is 0 Å². The molecule has 0 aliphatic heterocycles. The van der Waals surface area contributed by atoms with E-state index in [0.29, 0.717) is 17.8 Å². The van der Waals surface area contributed by atoms with Crippen molar-refractivity contribution in [2.75, 3.05) is 0 Å². The van der Waals surface area contributed by atoms with Gasteiger partial charge in [0.05, 0.1) is 0 Å².